The molecule has 1 unspecified atom stereocenters. The molecule has 4 heteroatoms. The van der Waals surface area contributed by atoms with Crippen LogP contribution in [0.2, 0.25) is 0 Å². The van der Waals surface area contributed by atoms with Crippen LogP contribution in [0.4, 0.5) is 0 Å². The van der Waals surface area contributed by atoms with Crippen molar-refractivity contribution in [1.29, 1.82) is 0 Å². The Labute approximate surface area is 94.5 Å². The van der Waals surface area contributed by atoms with E-state index in [4.69, 9.17) is 9.47 Å². The molecule has 0 spiro atoms. The highest BCUT2D eigenvalue weighted by Crippen LogP contribution is 2.37. The summed E-state index contributed by atoms with van der Waals surface area (Å²) in [6.07, 6.45) is 3.38. The molecule has 16 heavy (non-hydrogen) atoms. The Morgan fingerprint density at radius 2 is 2.56 bits per heavy atom. The topological polar surface area (TPSA) is 51.6 Å². The fourth-order valence-electron chi connectivity index (χ4n) is 1.71. The number of nitrogens with zero attached hydrogens (tertiary/aromatic N) is 1. The van der Waals surface area contributed by atoms with Crippen LogP contribution >= 0.6 is 0 Å². The van der Waals surface area contributed by atoms with E-state index in [1.807, 2.05) is 6.92 Å². The van der Waals surface area contributed by atoms with Gasteiger partial charge in [0.25, 0.3) is 0 Å². The second-order valence-corrected chi connectivity index (χ2v) is 3.70. The predicted molar refractivity (Wildman–Crippen MR) is 59.0 cm³/mol. The van der Waals surface area contributed by atoms with Crippen molar-refractivity contribution in [2.45, 2.75) is 26.2 Å². The van der Waals surface area contributed by atoms with Gasteiger partial charge in [0.1, 0.15) is 5.75 Å². The molecule has 1 aromatic rings. The third-order valence-corrected chi connectivity index (χ3v) is 2.55. The lowest BCUT2D eigenvalue weighted by atomic mass is 10.1. The van der Waals surface area contributed by atoms with Crippen LogP contribution in [0, 0.1) is 6.92 Å². The Hall–Kier alpha value is -1.39. The molecule has 0 aliphatic carbocycles. The van der Waals surface area contributed by atoms with Crippen LogP contribution in [0.15, 0.2) is 18.9 Å². The van der Waals surface area contributed by atoms with Gasteiger partial charge in [-0.05, 0) is 13.3 Å². The molecular weight excluding hydrogens is 206 g/mol. The van der Waals surface area contributed by atoms with E-state index in [9.17, 15) is 5.11 Å². The van der Waals surface area contributed by atoms with Crippen LogP contribution in [0.25, 0.3) is 0 Å². The standard InChI is InChI=1S/C12H15NO3/c1-3-4-5-15-11-8(2)13-6-9-7-16-12(14)10(9)11/h3,6,12,14H,1,4-5,7H2,2H3. The average molecular weight is 221 g/mol. The van der Waals surface area contributed by atoms with E-state index in [1.165, 1.54) is 0 Å². The van der Waals surface area contributed by atoms with Gasteiger partial charge in [-0.1, -0.05) is 6.08 Å². The largest absolute Gasteiger partial charge is 0.491 e. The number of fused-ring (bicyclic) bond motifs is 1. The summed E-state index contributed by atoms with van der Waals surface area (Å²) in [4.78, 5) is 4.22. The maximum atomic E-state index is 9.69. The first kappa shape index (κ1) is 11.1. The number of pyridine rings is 1. The maximum absolute atomic E-state index is 9.69. The van der Waals surface area contributed by atoms with Crippen LogP contribution in [-0.4, -0.2) is 16.7 Å². The average Bonchev–Trinajstić information content (AvgIpc) is 2.64. The van der Waals surface area contributed by atoms with Gasteiger partial charge in [0, 0.05) is 11.8 Å². The molecule has 1 aromatic heterocycles. The van der Waals surface area contributed by atoms with Gasteiger partial charge in [-0.3, -0.25) is 4.98 Å². The van der Waals surface area contributed by atoms with Crippen molar-refractivity contribution in [3.05, 3.63) is 35.7 Å². The van der Waals surface area contributed by atoms with Crippen molar-refractivity contribution >= 4 is 0 Å². The first-order chi connectivity index (χ1) is 7.74. The molecule has 4 nitrogen and oxygen atoms in total. The minimum absolute atomic E-state index is 0.390. The number of aliphatic hydroxyl groups excluding tert-OH is 1. The SMILES string of the molecule is C=CCCOc1c(C)ncc2c1C(O)OC2. The molecule has 0 saturated carbocycles. The summed E-state index contributed by atoms with van der Waals surface area (Å²) in [6, 6.07) is 0. The highest BCUT2D eigenvalue weighted by atomic mass is 16.6. The third kappa shape index (κ3) is 1.94. The van der Waals surface area contributed by atoms with Gasteiger partial charge in [0.2, 0.25) is 0 Å². The third-order valence-electron chi connectivity index (χ3n) is 2.55. The van der Waals surface area contributed by atoms with Crippen molar-refractivity contribution in [1.82, 2.24) is 4.98 Å². The second kappa shape index (κ2) is 4.63. The van der Waals surface area contributed by atoms with Gasteiger partial charge in [-0.2, -0.15) is 0 Å². The van der Waals surface area contributed by atoms with Gasteiger partial charge in [0.05, 0.1) is 24.5 Å². The quantitative estimate of drug-likeness (QED) is 0.623. The minimum atomic E-state index is -0.893. The molecular formula is C12H15NO3. The Morgan fingerprint density at radius 1 is 1.75 bits per heavy atom. The minimum Gasteiger partial charge on any atom is -0.491 e. The molecule has 1 N–H and O–H groups in total. The first-order valence-electron chi connectivity index (χ1n) is 5.25. The van der Waals surface area contributed by atoms with Gasteiger partial charge in [-0.25, -0.2) is 0 Å². The number of ether oxygens (including phenoxy) is 2. The second-order valence-electron chi connectivity index (χ2n) is 3.70. The summed E-state index contributed by atoms with van der Waals surface area (Å²) in [5.41, 5.74) is 2.38. The Kier molecular flexibility index (Phi) is 3.22. The summed E-state index contributed by atoms with van der Waals surface area (Å²) < 4.78 is 10.8. The fourth-order valence-corrected chi connectivity index (χ4v) is 1.71. The summed E-state index contributed by atoms with van der Waals surface area (Å²) in [6.45, 7) is 6.42. The maximum Gasteiger partial charge on any atom is 0.185 e. The van der Waals surface area contributed by atoms with Crippen LogP contribution in [0.3, 0.4) is 0 Å². The highest BCUT2D eigenvalue weighted by molar-refractivity contribution is 5.44. The molecule has 1 aliphatic rings. The lowest BCUT2D eigenvalue weighted by molar-refractivity contribution is -0.0927. The Bertz CT molecular complexity index is 403. The van der Waals surface area contributed by atoms with E-state index in [0.717, 1.165) is 23.2 Å². The van der Waals surface area contributed by atoms with Crippen molar-refractivity contribution in [3.8, 4) is 5.75 Å². The lowest BCUT2D eigenvalue weighted by Crippen LogP contribution is -2.05. The Balaban J connectivity index is 2.28. The lowest BCUT2D eigenvalue weighted by Gasteiger charge is -2.13. The van der Waals surface area contributed by atoms with E-state index < -0.39 is 6.29 Å². The Morgan fingerprint density at radius 3 is 3.31 bits per heavy atom. The summed E-state index contributed by atoms with van der Waals surface area (Å²) in [5, 5.41) is 9.69. The summed E-state index contributed by atoms with van der Waals surface area (Å²) in [5.74, 6) is 0.643. The van der Waals surface area contributed by atoms with Crippen LogP contribution in [0.1, 0.15) is 29.5 Å². The smallest absolute Gasteiger partial charge is 0.185 e. The van der Waals surface area contributed by atoms with Crippen LogP contribution < -0.4 is 4.74 Å². The summed E-state index contributed by atoms with van der Waals surface area (Å²) >= 11 is 0. The van der Waals surface area contributed by atoms with Gasteiger partial charge in [0.15, 0.2) is 6.29 Å². The molecule has 1 aliphatic heterocycles. The summed E-state index contributed by atoms with van der Waals surface area (Å²) in [7, 11) is 0. The van der Waals surface area contributed by atoms with Crippen molar-refractivity contribution in [2.75, 3.05) is 6.61 Å². The van der Waals surface area contributed by atoms with E-state index in [1.54, 1.807) is 12.3 Å². The predicted octanol–water partition coefficient (Wildman–Crippen LogP) is 1.87. The van der Waals surface area contributed by atoms with E-state index in [0.29, 0.717) is 19.0 Å². The zero-order valence-electron chi connectivity index (χ0n) is 9.27. The number of aryl methyl sites for hydroxylation is 1. The monoisotopic (exact) mass is 221 g/mol. The number of hydrogen-bond acceptors (Lipinski definition) is 4. The van der Waals surface area contributed by atoms with Gasteiger partial charge >= 0.3 is 0 Å². The van der Waals surface area contributed by atoms with Crippen LogP contribution in [-0.2, 0) is 11.3 Å². The van der Waals surface area contributed by atoms with Gasteiger partial charge < -0.3 is 14.6 Å². The number of aliphatic hydroxyl groups is 1. The van der Waals surface area contributed by atoms with Crippen molar-refractivity contribution < 1.29 is 14.6 Å². The number of aromatic nitrogens is 1. The zero-order valence-corrected chi connectivity index (χ0v) is 9.27. The molecule has 0 radical (unpaired) electrons. The van der Waals surface area contributed by atoms with Crippen molar-refractivity contribution in [2.24, 2.45) is 0 Å². The van der Waals surface area contributed by atoms with Gasteiger partial charge in [-0.15, -0.1) is 6.58 Å². The highest BCUT2D eigenvalue weighted by Gasteiger charge is 2.27. The molecule has 0 amide bonds. The molecule has 0 saturated heterocycles. The van der Waals surface area contributed by atoms with Crippen LogP contribution in [0.5, 0.6) is 5.75 Å². The van der Waals surface area contributed by atoms with E-state index >= 15 is 0 Å². The molecule has 2 heterocycles. The van der Waals surface area contributed by atoms with E-state index in [-0.39, 0.29) is 0 Å². The zero-order chi connectivity index (χ0) is 11.5. The normalized spacial score (nSPS) is 18.2. The molecule has 1 atom stereocenters. The molecule has 0 fully saturated rings. The molecule has 0 bridgehead atoms. The van der Waals surface area contributed by atoms with E-state index in [2.05, 4.69) is 11.6 Å². The number of rotatable bonds is 4. The van der Waals surface area contributed by atoms with Crippen molar-refractivity contribution in [3.63, 3.8) is 0 Å². The number of hydrogen-bond donors (Lipinski definition) is 1. The first-order valence-corrected chi connectivity index (χ1v) is 5.25. The molecule has 0 aromatic carbocycles. The molecule has 86 valence electrons. The fraction of sp³-hybridized carbons (Fsp3) is 0.417. The molecule has 2 rings (SSSR count).